The van der Waals surface area contributed by atoms with Gasteiger partial charge in [0.15, 0.2) is 0 Å². The van der Waals surface area contributed by atoms with Gasteiger partial charge in [-0.25, -0.2) is 0 Å². The lowest BCUT2D eigenvalue weighted by Crippen LogP contribution is -2.25. The maximum atomic E-state index is 12.2. The molecule has 3 nitrogen and oxygen atoms in total. The van der Waals surface area contributed by atoms with Crippen molar-refractivity contribution in [1.29, 1.82) is 0 Å². The summed E-state index contributed by atoms with van der Waals surface area (Å²) in [4.78, 5) is 12.2. The molecule has 21 heavy (non-hydrogen) atoms. The molecular weight excluding hydrogens is 260 g/mol. The number of anilines is 1. The monoisotopic (exact) mass is 290 g/mol. The molecule has 118 valence electrons. The molecule has 0 radical (unpaired) electrons. The van der Waals surface area contributed by atoms with E-state index < -0.39 is 0 Å². The van der Waals surface area contributed by atoms with Crippen molar-refractivity contribution in [3.05, 3.63) is 29.3 Å². The van der Waals surface area contributed by atoms with Gasteiger partial charge >= 0.3 is 0 Å². The molecule has 0 heterocycles. The number of aryl methyl sites for hydroxylation is 1. The molecule has 0 saturated carbocycles. The standard InChI is InChI=1S/C18H30N2O/c1-4-6-7-8-9-10-13-20-18(21)16-12-11-15(3)14-17(16)19-5-2/h11-12,14,19H,4-10,13H2,1-3H3,(H,20,21). The Kier molecular flexibility index (Phi) is 8.56. The lowest BCUT2D eigenvalue weighted by atomic mass is 10.1. The van der Waals surface area contributed by atoms with E-state index in [1.165, 1.54) is 37.7 Å². The maximum Gasteiger partial charge on any atom is 0.253 e. The van der Waals surface area contributed by atoms with Gasteiger partial charge in [-0.3, -0.25) is 4.79 Å². The number of unbranched alkanes of at least 4 members (excludes halogenated alkanes) is 5. The Labute approximate surface area is 129 Å². The van der Waals surface area contributed by atoms with Crippen molar-refractivity contribution in [2.75, 3.05) is 18.4 Å². The Morgan fingerprint density at radius 1 is 1.05 bits per heavy atom. The van der Waals surface area contributed by atoms with Crippen molar-refractivity contribution in [3.8, 4) is 0 Å². The van der Waals surface area contributed by atoms with E-state index in [4.69, 9.17) is 0 Å². The smallest absolute Gasteiger partial charge is 0.253 e. The largest absolute Gasteiger partial charge is 0.385 e. The van der Waals surface area contributed by atoms with Crippen LogP contribution in [0, 0.1) is 6.92 Å². The number of hydrogen-bond donors (Lipinski definition) is 2. The number of carbonyl (C=O) groups excluding carboxylic acids is 1. The van der Waals surface area contributed by atoms with Crippen LogP contribution < -0.4 is 10.6 Å². The number of nitrogens with one attached hydrogen (secondary N) is 2. The fourth-order valence-electron chi connectivity index (χ4n) is 2.40. The van der Waals surface area contributed by atoms with Crippen LogP contribution >= 0.6 is 0 Å². The minimum absolute atomic E-state index is 0.0273. The Morgan fingerprint density at radius 3 is 2.48 bits per heavy atom. The van der Waals surface area contributed by atoms with Crippen LogP contribution in [0.1, 0.15) is 68.3 Å². The molecule has 1 aromatic carbocycles. The molecule has 0 spiro atoms. The fourth-order valence-corrected chi connectivity index (χ4v) is 2.40. The molecular formula is C18H30N2O. The van der Waals surface area contributed by atoms with E-state index >= 15 is 0 Å². The zero-order valence-electron chi connectivity index (χ0n) is 13.8. The quantitative estimate of drug-likeness (QED) is 0.622. The second-order valence-corrected chi connectivity index (χ2v) is 5.60. The van der Waals surface area contributed by atoms with Crippen molar-refractivity contribution < 1.29 is 4.79 Å². The summed E-state index contributed by atoms with van der Waals surface area (Å²) in [5, 5.41) is 6.29. The van der Waals surface area contributed by atoms with E-state index in [0.717, 1.165) is 30.8 Å². The lowest BCUT2D eigenvalue weighted by Gasteiger charge is -2.12. The minimum atomic E-state index is 0.0273. The molecule has 1 amide bonds. The van der Waals surface area contributed by atoms with E-state index in [1.807, 2.05) is 32.0 Å². The highest BCUT2D eigenvalue weighted by Gasteiger charge is 2.10. The predicted molar refractivity (Wildman–Crippen MR) is 91.1 cm³/mol. The first-order valence-corrected chi connectivity index (χ1v) is 8.31. The second kappa shape index (κ2) is 10.3. The molecule has 0 aliphatic heterocycles. The van der Waals surface area contributed by atoms with Gasteiger partial charge in [0.2, 0.25) is 0 Å². The van der Waals surface area contributed by atoms with Gasteiger partial charge in [0, 0.05) is 18.8 Å². The molecule has 1 aromatic rings. The molecule has 0 aromatic heterocycles. The van der Waals surface area contributed by atoms with Gasteiger partial charge in [0.25, 0.3) is 5.91 Å². The predicted octanol–water partition coefficient (Wildman–Crippen LogP) is 4.52. The summed E-state index contributed by atoms with van der Waals surface area (Å²) in [5.41, 5.74) is 2.84. The molecule has 0 aliphatic carbocycles. The van der Waals surface area contributed by atoms with Crippen LogP contribution in [0.25, 0.3) is 0 Å². The maximum absolute atomic E-state index is 12.2. The number of rotatable bonds is 10. The van der Waals surface area contributed by atoms with Gasteiger partial charge in [-0.05, 0) is 38.0 Å². The average Bonchev–Trinajstić information content (AvgIpc) is 2.46. The summed E-state index contributed by atoms with van der Waals surface area (Å²) in [6, 6.07) is 5.92. The molecule has 0 aliphatic rings. The van der Waals surface area contributed by atoms with Crippen molar-refractivity contribution in [3.63, 3.8) is 0 Å². The highest BCUT2D eigenvalue weighted by atomic mass is 16.1. The second-order valence-electron chi connectivity index (χ2n) is 5.60. The van der Waals surface area contributed by atoms with E-state index in [-0.39, 0.29) is 5.91 Å². The Morgan fingerprint density at radius 2 is 1.76 bits per heavy atom. The molecule has 1 rings (SSSR count). The normalized spacial score (nSPS) is 10.4. The molecule has 0 unspecified atom stereocenters. The zero-order valence-corrected chi connectivity index (χ0v) is 13.8. The first-order valence-electron chi connectivity index (χ1n) is 8.31. The molecule has 3 heteroatoms. The third-order valence-electron chi connectivity index (χ3n) is 3.60. The van der Waals surface area contributed by atoms with E-state index in [1.54, 1.807) is 0 Å². The zero-order chi connectivity index (χ0) is 15.5. The molecule has 0 bridgehead atoms. The van der Waals surface area contributed by atoms with Crippen LogP contribution in [-0.4, -0.2) is 19.0 Å². The topological polar surface area (TPSA) is 41.1 Å². The van der Waals surface area contributed by atoms with Crippen LogP contribution in [0.4, 0.5) is 5.69 Å². The third-order valence-corrected chi connectivity index (χ3v) is 3.60. The van der Waals surface area contributed by atoms with Crippen LogP contribution in [0.2, 0.25) is 0 Å². The highest BCUT2D eigenvalue weighted by Crippen LogP contribution is 2.17. The summed E-state index contributed by atoms with van der Waals surface area (Å²) >= 11 is 0. The Bertz CT molecular complexity index is 429. The van der Waals surface area contributed by atoms with Crippen molar-refractivity contribution >= 4 is 11.6 Å². The summed E-state index contributed by atoms with van der Waals surface area (Å²) in [7, 11) is 0. The van der Waals surface area contributed by atoms with E-state index in [2.05, 4.69) is 17.6 Å². The molecule has 0 atom stereocenters. The number of benzene rings is 1. The number of carbonyl (C=O) groups is 1. The summed E-state index contributed by atoms with van der Waals surface area (Å²) < 4.78 is 0. The lowest BCUT2D eigenvalue weighted by molar-refractivity contribution is 0.0953. The average molecular weight is 290 g/mol. The van der Waals surface area contributed by atoms with Crippen LogP contribution in [0.3, 0.4) is 0 Å². The molecule has 0 fully saturated rings. The van der Waals surface area contributed by atoms with E-state index in [9.17, 15) is 4.79 Å². The van der Waals surface area contributed by atoms with Crippen LogP contribution in [-0.2, 0) is 0 Å². The van der Waals surface area contributed by atoms with Gasteiger partial charge in [0.1, 0.15) is 0 Å². The van der Waals surface area contributed by atoms with Crippen LogP contribution in [0.5, 0.6) is 0 Å². The molecule has 2 N–H and O–H groups in total. The third kappa shape index (κ3) is 6.65. The van der Waals surface area contributed by atoms with Crippen molar-refractivity contribution in [2.24, 2.45) is 0 Å². The van der Waals surface area contributed by atoms with Gasteiger partial charge < -0.3 is 10.6 Å². The summed E-state index contributed by atoms with van der Waals surface area (Å²) in [5.74, 6) is 0.0273. The van der Waals surface area contributed by atoms with Crippen molar-refractivity contribution in [2.45, 2.75) is 59.3 Å². The van der Waals surface area contributed by atoms with Crippen LogP contribution in [0.15, 0.2) is 18.2 Å². The first-order chi connectivity index (χ1) is 10.2. The first kappa shape index (κ1) is 17.5. The molecule has 0 saturated heterocycles. The summed E-state index contributed by atoms with van der Waals surface area (Å²) in [6.07, 6.45) is 7.45. The van der Waals surface area contributed by atoms with E-state index in [0.29, 0.717) is 0 Å². The number of amides is 1. The fraction of sp³-hybridized carbons (Fsp3) is 0.611. The van der Waals surface area contributed by atoms with Gasteiger partial charge in [-0.2, -0.15) is 0 Å². The Balaban J connectivity index is 2.38. The SMILES string of the molecule is CCCCCCCCNC(=O)c1ccc(C)cc1NCC. The van der Waals surface area contributed by atoms with Gasteiger partial charge in [-0.1, -0.05) is 45.1 Å². The number of hydrogen-bond acceptors (Lipinski definition) is 2. The van der Waals surface area contributed by atoms with Crippen molar-refractivity contribution in [1.82, 2.24) is 5.32 Å². The highest BCUT2D eigenvalue weighted by molar-refractivity contribution is 5.99. The van der Waals surface area contributed by atoms with Gasteiger partial charge in [-0.15, -0.1) is 0 Å². The minimum Gasteiger partial charge on any atom is -0.385 e. The Hall–Kier alpha value is -1.51. The summed E-state index contributed by atoms with van der Waals surface area (Å²) in [6.45, 7) is 7.90. The van der Waals surface area contributed by atoms with Gasteiger partial charge in [0.05, 0.1) is 5.56 Å².